The van der Waals surface area contributed by atoms with Gasteiger partial charge in [0.25, 0.3) is 0 Å². The minimum absolute atomic E-state index is 0.159. The lowest BCUT2D eigenvalue weighted by molar-refractivity contribution is 0.0631. The monoisotopic (exact) mass is 520 g/mol. The molecule has 0 saturated carbocycles. The van der Waals surface area contributed by atoms with E-state index < -0.39 is 12.6 Å². The number of ether oxygens (including phenoxy) is 1. The Bertz CT molecular complexity index is 1520. The van der Waals surface area contributed by atoms with Crippen molar-refractivity contribution in [2.24, 2.45) is 5.10 Å². The minimum atomic E-state index is -1.40. The highest BCUT2D eigenvalue weighted by atomic mass is 35.5. The average Bonchev–Trinajstić information content (AvgIpc) is 2.87. The van der Waals surface area contributed by atoms with Crippen LogP contribution >= 0.6 is 23.2 Å². The van der Waals surface area contributed by atoms with E-state index in [-0.39, 0.29) is 21.5 Å². The number of aryl methyl sites for hydroxylation is 1. The number of aliphatic hydroxyl groups is 2. The number of nitrogens with zero attached hydrogens (tertiary/aromatic N) is 5. The van der Waals surface area contributed by atoms with Crippen LogP contribution in [0, 0.1) is 18.3 Å². The molecule has 1 aliphatic rings. The number of fused-ring (bicyclic) bond motifs is 1. The lowest BCUT2D eigenvalue weighted by Crippen LogP contribution is -2.55. The summed E-state index contributed by atoms with van der Waals surface area (Å²) in [6.07, 6.45) is 0.701. The van der Waals surface area contributed by atoms with Gasteiger partial charge in [0, 0.05) is 23.3 Å². The van der Waals surface area contributed by atoms with Crippen molar-refractivity contribution < 1.29 is 14.9 Å². The maximum atomic E-state index is 10.2. The summed E-state index contributed by atoms with van der Waals surface area (Å²) in [5.41, 5.74) is 3.63. The Morgan fingerprint density at radius 3 is 2.58 bits per heavy atom. The van der Waals surface area contributed by atoms with Crippen LogP contribution in [0.25, 0.3) is 22.2 Å². The maximum Gasteiger partial charge on any atom is 0.206 e. The zero-order valence-electron chi connectivity index (χ0n) is 18.7. The molecule has 0 spiro atoms. The van der Waals surface area contributed by atoms with Crippen LogP contribution in [0.2, 0.25) is 10.0 Å². The molecule has 3 heterocycles. The van der Waals surface area contributed by atoms with Gasteiger partial charge in [0.15, 0.2) is 17.7 Å². The van der Waals surface area contributed by atoms with Gasteiger partial charge in [-0.05, 0) is 61.0 Å². The highest BCUT2D eigenvalue weighted by Crippen LogP contribution is 2.41. The van der Waals surface area contributed by atoms with Gasteiger partial charge in [0.1, 0.15) is 11.8 Å². The van der Waals surface area contributed by atoms with Crippen LogP contribution in [-0.2, 0) is 0 Å². The summed E-state index contributed by atoms with van der Waals surface area (Å²) >= 11 is 12.9. The molecular weight excluding hydrogens is 503 g/mol. The Kier molecular flexibility index (Phi) is 6.45. The fourth-order valence-corrected chi connectivity index (χ4v) is 4.34. The fraction of sp³-hybridized carbons (Fsp3) is 0.120. The largest absolute Gasteiger partial charge is 0.454 e. The van der Waals surface area contributed by atoms with Crippen molar-refractivity contribution in [3.05, 3.63) is 76.5 Å². The van der Waals surface area contributed by atoms with Gasteiger partial charge in [-0.25, -0.2) is 15.3 Å². The van der Waals surface area contributed by atoms with Crippen molar-refractivity contribution in [2.45, 2.75) is 19.5 Å². The number of hydrogen-bond acceptors (Lipinski definition) is 9. The minimum Gasteiger partial charge on any atom is -0.454 e. The summed E-state index contributed by atoms with van der Waals surface area (Å²) in [5, 5.41) is 37.8. The van der Waals surface area contributed by atoms with Gasteiger partial charge >= 0.3 is 0 Å². The van der Waals surface area contributed by atoms with Crippen LogP contribution in [0.4, 0.5) is 5.69 Å². The van der Waals surface area contributed by atoms with Gasteiger partial charge in [0.05, 0.1) is 26.9 Å². The van der Waals surface area contributed by atoms with E-state index in [0.29, 0.717) is 11.4 Å². The third kappa shape index (κ3) is 4.56. The standard InChI is InChI=1S/C25H18Cl2N6O3/c1-13-7-21(14-3-2-6-29-12-14)30-20-5-4-16(10-17(13)20)36-23-18(26)8-15(9-19(23)27)33-25(35)31-24(34)22(11-28)32-33/h2-10,12,24-25,31,34-35H,1H3. The lowest BCUT2D eigenvalue weighted by Gasteiger charge is -2.32. The second-order valence-electron chi connectivity index (χ2n) is 7.97. The van der Waals surface area contributed by atoms with Crippen molar-refractivity contribution in [1.29, 1.82) is 5.26 Å². The Balaban J connectivity index is 1.45. The number of rotatable bonds is 4. The molecule has 0 bridgehead atoms. The first kappa shape index (κ1) is 23.9. The van der Waals surface area contributed by atoms with Crippen LogP contribution in [-0.4, -0.2) is 38.5 Å². The number of benzene rings is 2. The van der Waals surface area contributed by atoms with Gasteiger partial charge in [-0.2, -0.15) is 10.4 Å². The fourth-order valence-electron chi connectivity index (χ4n) is 3.79. The summed E-state index contributed by atoms with van der Waals surface area (Å²) < 4.78 is 6.02. The molecule has 2 unspecified atom stereocenters. The second kappa shape index (κ2) is 9.70. The number of hydrazone groups is 1. The molecule has 2 aromatic heterocycles. The third-order valence-corrected chi connectivity index (χ3v) is 6.10. The predicted octanol–water partition coefficient (Wildman–Crippen LogP) is 4.59. The molecule has 5 rings (SSSR count). The molecule has 0 amide bonds. The van der Waals surface area contributed by atoms with E-state index in [9.17, 15) is 10.2 Å². The van der Waals surface area contributed by atoms with Gasteiger partial charge < -0.3 is 14.9 Å². The molecule has 4 aromatic rings. The molecule has 36 heavy (non-hydrogen) atoms. The van der Waals surface area contributed by atoms with E-state index >= 15 is 0 Å². The molecule has 180 valence electrons. The second-order valence-corrected chi connectivity index (χ2v) is 8.78. The molecular formula is C25H18Cl2N6O3. The first-order chi connectivity index (χ1) is 17.3. The lowest BCUT2D eigenvalue weighted by atomic mass is 10.1. The number of aliphatic hydroxyl groups excluding tert-OH is 2. The van der Waals surface area contributed by atoms with Gasteiger partial charge in [-0.1, -0.05) is 23.2 Å². The topological polar surface area (TPSA) is 127 Å². The summed E-state index contributed by atoms with van der Waals surface area (Å²) in [7, 11) is 0. The smallest absolute Gasteiger partial charge is 0.206 e. The zero-order valence-corrected chi connectivity index (χ0v) is 20.2. The first-order valence-electron chi connectivity index (χ1n) is 10.7. The molecule has 2 atom stereocenters. The van der Waals surface area contributed by atoms with Crippen LogP contribution in [0.3, 0.4) is 0 Å². The number of pyridine rings is 2. The normalized spacial score (nSPS) is 17.6. The molecule has 3 N–H and O–H groups in total. The van der Waals surface area contributed by atoms with Crippen molar-refractivity contribution in [2.75, 3.05) is 5.01 Å². The molecule has 1 aliphatic heterocycles. The Labute approximate surface area is 215 Å². The molecule has 0 aliphatic carbocycles. The first-order valence-corrected chi connectivity index (χ1v) is 11.5. The van der Waals surface area contributed by atoms with E-state index in [1.54, 1.807) is 24.5 Å². The van der Waals surface area contributed by atoms with Gasteiger partial charge in [0.2, 0.25) is 6.35 Å². The number of anilines is 1. The van der Waals surface area contributed by atoms with Crippen molar-refractivity contribution in [3.8, 4) is 28.8 Å². The van der Waals surface area contributed by atoms with Gasteiger partial charge in [-0.15, -0.1) is 0 Å². The van der Waals surface area contributed by atoms with E-state index in [1.807, 2.05) is 37.3 Å². The molecule has 0 fully saturated rings. The Morgan fingerprint density at radius 1 is 1.11 bits per heavy atom. The van der Waals surface area contributed by atoms with Crippen LogP contribution < -0.4 is 15.1 Å². The summed E-state index contributed by atoms with van der Waals surface area (Å²) in [6.45, 7) is 1.99. The average molecular weight is 521 g/mol. The molecule has 0 saturated heterocycles. The number of hydrogen-bond donors (Lipinski definition) is 3. The Morgan fingerprint density at radius 2 is 1.89 bits per heavy atom. The predicted molar refractivity (Wildman–Crippen MR) is 137 cm³/mol. The summed E-state index contributed by atoms with van der Waals surface area (Å²) in [4.78, 5) is 8.90. The highest BCUT2D eigenvalue weighted by molar-refractivity contribution is 6.37. The van der Waals surface area contributed by atoms with Gasteiger partial charge in [-0.3, -0.25) is 4.98 Å². The van der Waals surface area contributed by atoms with Crippen LogP contribution in [0.15, 0.2) is 66.0 Å². The van der Waals surface area contributed by atoms with E-state index in [2.05, 4.69) is 15.4 Å². The zero-order chi connectivity index (χ0) is 25.4. The number of halogens is 2. The van der Waals surface area contributed by atoms with Crippen molar-refractivity contribution in [3.63, 3.8) is 0 Å². The summed E-state index contributed by atoms with van der Waals surface area (Å²) in [6, 6.07) is 16.0. The highest BCUT2D eigenvalue weighted by Gasteiger charge is 2.29. The van der Waals surface area contributed by atoms with E-state index in [0.717, 1.165) is 32.7 Å². The third-order valence-electron chi connectivity index (χ3n) is 5.54. The van der Waals surface area contributed by atoms with E-state index in [4.69, 9.17) is 38.2 Å². The van der Waals surface area contributed by atoms with Crippen LogP contribution in [0.5, 0.6) is 11.5 Å². The number of aromatic nitrogens is 2. The number of nitrogens with one attached hydrogen (secondary N) is 1. The molecule has 2 aromatic carbocycles. The SMILES string of the molecule is Cc1cc(-c2cccnc2)nc2ccc(Oc3c(Cl)cc(N4N=C(C#N)C(O)NC4O)cc3Cl)cc12. The van der Waals surface area contributed by atoms with E-state index in [1.165, 1.54) is 12.1 Å². The number of nitriles is 1. The molecule has 11 heteroatoms. The molecule has 0 radical (unpaired) electrons. The quantitative estimate of drug-likeness (QED) is 0.356. The maximum absolute atomic E-state index is 10.2. The van der Waals surface area contributed by atoms with Crippen molar-refractivity contribution in [1.82, 2.24) is 15.3 Å². The van der Waals surface area contributed by atoms with Crippen molar-refractivity contribution >= 4 is 45.5 Å². The summed E-state index contributed by atoms with van der Waals surface area (Å²) in [5.74, 6) is 0.716. The Hall–Kier alpha value is -3.78. The molecule has 9 nitrogen and oxygen atoms in total. The van der Waals surface area contributed by atoms with Crippen LogP contribution in [0.1, 0.15) is 5.56 Å².